The molecule has 0 aliphatic rings. The Morgan fingerprint density at radius 3 is 2.32 bits per heavy atom. The Bertz CT molecular complexity index is 720. The van der Waals surface area contributed by atoms with Crippen LogP contribution in [-0.2, 0) is 4.79 Å². The van der Waals surface area contributed by atoms with Gasteiger partial charge in [-0.15, -0.1) is 0 Å². The van der Waals surface area contributed by atoms with E-state index in [0.717, 1.165) is 11.3 Å². The first-order valence-electron chi connectivity index (χ1n) is 8.37. The summed E-state index contributed by atoms with van der Waals surface area (Å²) in [4.78, 5) is 11.9. The first-order chi connectivity index (χ1) is 12.0. The zero-order valence-electron chi connectivity index (χ0n) is 14.8. The minimum Gasteiger partial charge on any atom is -0.508 e. The highest BCUT2D eigenvalue weighted by Crippen LogP contribution is 2.18. The highest BCUT2D eigenvalue weighted by molar-refractivity contribution is 6.01. The Labute approximate surface area is 148 Å². The maximum Gasteiger partial charge on any atom is 0.277 e. The van der Waals surface area contributed by atoms with Gasteiger partial charge in [0.2, 0.25) is 0 Å². The van der Waals surface area contributed by atoms with Crippen LogP contribution in [0.5, 0.6) is 11.5 Å². The van der Waals surface area contributed by atoms with Crippen LogP contribution in [0.4, 0.5) is 0 Å². The number of ether oxygens (including phenoxy) is 1. The maximum absolute atomic E-state index is 11.9. The predicted molar refractivity (Wildman–Crippen MR) is 99.1 cm³/mol. The number of hydrogen-bond donors (Lipinski definition) is 2. The number of carbonyl (C=O) groups excluding carboxylic acids is 1. The number of nitrogens with one attached hydrogen (secondary N) is 1. The fourth-order valence-corrected chi connectivity index (χ4v) is 2.26. The van der Waals surface area contributed by atoms with E-state index in [1.165, 1.54) is 5.56 Å². The Morgan fingerprint density at radius 1 is 1.12 bits per heavy atom. The fourth-order valence-electron chi connectivity index (χ4n) is 2.26. The summed E-state index contributed by atoms with van der Waals surface area (Å²) < 4.78 is 5.48. The average Bonchev–Trinajstić information content (AvgIpc) is 2.62. The molecule has 0 heterocycles. The van der Waals surface area contributed by atoms with Gasteiger partial charge >= 0.3 is 0 Å². The van der Waals surface area contributed by atoms with Crippen molar-refractivity contribution in [2.75, 3.05) is 6.61 Å². The number of hydrogen-bond acceptors (Lipinski definition) is 4. The van der Waals surface area contributed by atoms with Crippen molar-refractivity contribution in [1.82, 2.24) is 5.43 Å². The third-order valence-corrected chi connectivity index (χ3v) is 3.77. The molecule has 2 rings (SSSR count). The molecule has 2 N–H and O–H groups in total. The summed E-state index contributed by atoms with van der Waals surface area (Å²) in [5.41, 5.74) is 5.32. The van der Waals surface area contributed by atoms with Crippen molar-refractivity contribution in [3.8, 4) is 11.5 Å². The SMILES string of the molecule is CC/C(=N\NC(=O)COc1ccc(C(C)C)cc1)c1ccc(O)cc1. The summed E-state index contributed by atoms with van der Waals surface area (Å²) in [5.74, 6) is 0.981. The third kappa shape index (κ3) is 5.64. The van der Waals surface area contributed by atoms with Crippen molar-refractivity contribution in [1.29, 1.82) is 0 Å². The van der Waals surface area contributed by atoms with E-state index in [1.807, 2.05) is 31.2 Å². The van der Waals surface area contributed by atoms with Crippen LogP contribution < -0.4 is 10.2 Å². The molecule has 5 heteroatoms. The summed E-state index contributed by atoms with van der Waals surface area (Å²) in [7, 11) is 0. The smallest absolute Gasteiger partial charge is 0.277 e. The molecule has 132 valence electrons. The molecule has 0 atom stereocenters. The van der Waals surface area contributed by atoms with Crippen LogP contribution in [0.3, 0.4) is 0 Å². The number of benzene rings is 2. The third-order valence-electron chi connectivity index (χ3n) is 3.77. The Kier molecular flexibility index (Phi) is 6.57. The molecule has 0 bridgehead atoms. The molecule has 0 fully saturated rings. The van der Waals surface area contributed by atoms with Gasteiger partial charge in [-0.25, -0.2) is 5.43 Å². The molecule has 0 aliphatic carbocycles. The summed E-state index contributed by atoms with van der Waals surface area (Å²) in [6, 6.07) is 14.4. The first kappa shape index (κ1) is 18.5. The minimum atomic E-state index is -0.322. The van der Waals surface area contributed by atoms with Gasteiger partial charge in [-0.3, -0.25) is 4.79 Å². The molecular formula is C20H24N2O3. The van der Waals surface area contributed by atoms with Crippen molar-refractivity contribution in [3.05, 3.63) is 59.7 Å². The van der Waals surface area contributed by atoms with Crippen molar-refractivity contribution in [3.63, 3.8) is 0 Å². The Hall–Kier alpha value is -2.82. The van der Waals surface area contributed by atoms with E-state index in [4.69, 9.17) is 4.74 Å². The monoisotopic (exact) mass is 340 g/mol. The van der Waals surface area contributed by atoms with Crippen LogP contribution in [0, 0.1) is 0 Å². The van der Waals surface area contributed by atoms with Crippen LogP contribution in [0.1, 0.15) is 44.2 Å². The van der Waals surface area contributed by atoms with Gasteiger partial charge in [0, 0.05) is 0 Å². The molecule has 2 aromatic carbocycles. The number of aromatic hydroxyl groups is 1. The lowest BCUT2D eigenvalue weighted by molar-refractivity contribution is -0.123. The topological polar surface area (TPSA) is 70.9 Å². The lowest BCUT2D eigenvalue weighted by Crippen LogP contribution is -2.26. The van der Waals surface area contributed by atoms with Crippen LogP contribution in [-0.4, -0.2) is 23.3 Å². The van der Waals surface area contributed by atoms with Gasteiger partial charge < -0.3 is 9.84 Å². The normalized spacial score (nSPS) is 11.4. The predicted octanol–water partition coefficient (Wildman–Crippen LogP) is 3.82. The molecule has 5 nitrogen and oxygen atoms in total. The average molecular weight is 340 g/mol. The van der Waals surface area contributed by atoms with E-state index < -0.39 is 0 Å². The number of phenols is 1. The largest absolute Gasteiger partial charge is 0.508 e. The molecule has 0 unspecified atom stereocenters. The number of rotatable bonds is 7. The highest BCUT2D eigenvalue weighted by atomic mass is 16.5. The molecule has 0 aliphatic heterocycles. The molecule has 0 spiro atoms. The molecule has 0 aromatic heterocycles. The molecule has 0 saturated heterocycles. The van der Waals surface area contributed by atoms with Gasteiger partial charge in [-0.1, -0.05) is 32.9 Å². The van der Waals surface area contributed by atoms with Gasteiger partial charge in [0.15, 0.2) is 6.61 Å². The second-order valence-electron chi connectivity index (χ2n) is 6.01. The number of carbonyl (C=O) groups is 1. The van der Waals surface area contributed by atoms with E-state index in [0.29, 0.717) is 18.1 Å². The molecular weight excluding hydrogens is 316 g/mol. The summed E-state index contributed by atoms with van der Waals surface area (Å²) in [6.07, 6.45) is 0.655. The van der Waals surface area contributed by atoms with Crippen LogP contribution >= 0.6 is 0 Å². The maximum atomic E-state index is 11.9. The van der Waals surface area contributed by atoms with E-state index in [9.17, 15) is 9.90 Å². The number of amides is 1. The summed E-state index contributed by atoms with van der Waals surface area (Å²) in [5, 5.41) is 13.5. The van der Waals surface area contributed by atoms with Crippen LogP contribution in [0.15, 0.2) is 53.6 Å². The van der Waals surface area contributed by atoms with Gasteiger partial charge in [0.05, 0.1) is 5.71 Å². The molecule has 0 saturated carbocycles. The van der Waals surface area contributed by atoms with E-state index in [2.05, 4.69) is 24.4 Å². The standard InChI is InChI=1S/C20H24N2O3/c1-4-19(16-5-9-17(23)10-6-16)21-22-20(24)13-25-18-11-7-15(8-12-18)14(2)3/h5-12,14,23H,4,13H2,1-3H3,(H,22,24)/b21-19+. The van der Waals surface area contributed by atoms with Crippen molar-refractivity contribution >= 4 is 11.6 Å². The quantitative estimate of drug-likeness (QED) is 0.594. The van der Waals surface area contributed by atoms with Gasteiger partial charge in [0.1, 0.15) is 11.5 Å². The molecule has 0 radical (unpaired) electrons. The number of phenolic OH excluding ortho intramolecular Hbond substituents is 1. The van der Waals surface area contributed by atoms with E-state index in [-0.39, 0.29) is 18.3 Å². The van der Waals surface area contributed by atoms with Crippen molar-refractivity contribution < 1.29 is 14.6 Å². The Balaban J connectivity index is 1.89. The van der Waals surface area contributed by atoms with E-state index >= 15 is 0 Å². The zero-order chi connectivity index (χ0) is 18.2. The van der Waals surface area contributed by atoms with Crippen molar-refractivity contribution in [2.45, 2.75) is 33.1 Å². The van der Waals surface area contributed by atoms with Gasteiger partial charge in [-0.05, 0) is 59.9 Å². The molecule has 2 aromatic rings. The molecule has 1 amide bonds. The minimum absolute atomic E-state index is 0.100. The number of nitrogens with zero attached hydrogens (tertiary/aromatic N) is 1. The molecule has 25 heavy (non-hydrogen) atoms. The zero-order valence-corrected chi connectivity index (χ0v) is 14.8. The highest BCUT2D eigenvalue weighted by Gasteiger charge is 2.06. The summed E-state index contributed by atoms with van der Waals surface area (Å²) in [6.45, 7) is 6.10. The van der Waals surface area contributed by atoms with Crippen molar-refractivity contribution in [2.24, 2.45) is 5.10 Å². The second kappa shape index (κ2) is 8.87. The Morgan fingerprint density at radius 2 is 1.76 bits per heavy atom. The fraction of sp³-hybridized carbons (Fsp3) is 0.300. The first-order valence-corrected chi connectivity index (χ1v) is 8.37. The lowest BCUT2D eigenvalue weighted by atomic mass is 10.0. The number of hydrazone groups is 1. The van der Waals surface area contributed by atoms with E-state index in [1.54, 1.807) is 24.3 Å². The van der Waals surface area contributed by atoms with Gasteiger partial charge in [0.25, 0.3) is 5.91 Å². The van der Waals surface area contributed by atoms with Crippen LogP contribution in [0.2, 0.25) is 0 Å². The lowest BCUT2D eigenvalue weighted by Gasteiger charge is -2.09. The summed E-state index contributed by atoms with van der Waals surface area (Å²) >= 11 is 0. The second-order valence-corrected chi connectivity index (χ2v) is 6.01. The van der Waals surface area contributed by atoms with Crippen LogP contribution in [0.25, 0.3) is 0 Å². The van der Waals surface area contributed by atoms with Gasteiger partial charge in [-0.2, -0.15) is 5.10 Å².